The van der Waals surface area contributed by atoms with Gasteiger partial charge < -0.3 is 29.9 Å². The highest BCUT2D eigenvalue weighted by Gasteiger charge is 2.35. The standard InChI is InChI=1S/C34H31N7O3/c1-19-35-12-15-41(19)29-17-27-24(16-23(29)20-6-8-22(9-7-20)34(43)44)31(36-28-18-40-13-10-21(28)11-14-40)30(33(42)39-27)32-37-25-4-2-3-5-26(25)38-32/h2-9,12,15-17,21,28H,10-11,13-14,18H2,1H3,(H,37,38)(H,43,44)(H2,36,39,42)/t28-/m1/s1. The SMILES string of the molecule is Cc1nccn1-c1cc2[nH]c(=O)c(-c3nc4ccccc4[nH]3)c(N[C@@H]3CN4CCC3CC4)c2cc1-c1ccc(C(=O)O)cc1. The third kappa shape index (κ3) is 4.37. The van der Waals surface area contributed by atoms with Gasteiger partial charge in [0.15, 0.2) is 0 Å². The predicted octanol–water partition coefficient (Wildman–Crippen LogP) is 5.44. The molecule has 0 saturated carbocycles. The Morgan fingerprint density at radius 2 is 1.82 bits per heavy atom. The van der Waals surface area contributed by atoms with E-state index in [4.69, 9.17) is 4.98 Å². The number of carbonyl (C=O) groups is 1. The fraction of sp³-hybridized carbons (Fsp3) is 0.235. The quantitative estimate of drug-likeness (QED) is 0.205. The topological polar surface area (TPSA) is 132 Å². The van der Waals surface area contributed by atoms with Gasteiger partial charge in [-0.2, -0.15) is 0 Å². The van der Waals surface area contributed by atoms with Crippen LogP contribution < -0.4 is 10.9 Å². The minimum atomic E-state index is -0.974. The molecule has 3 fully saturated rings. The highest BCUT2D eigenvalue weighted by Crippen LogP contribution is 2.39. The van der Waals surface area contributed by atoms with Gasteiger partial charge in [0.2, 0.25) is 0 Å². The van der Waals surface area contributed by atoms with Crippen LogP contribution in [0.25, 0.3) is 50.1 Å². The van der Waals surface area contributed by atoms with E-state index >= 15 is 0 Å². The van der Waals surface area contributed by atoms with Gasteiger partial charge in [-0.25, -0.2) is 14.8 Å². The first-order valence-corrected chi connectivity index (χ1v) is 14.9. The van der Waals surface area contributed by atoms with Crippen LogP contribution in [0.3, 0.4) is 0 Å². The molecule has 44 heavy (non-hydrogen) atoms. The number of para-hydroxylation sites is 2. The van der Waals surface area contributed by atoms with Gasteiger partial charge in [-0.3, -0.25) is 4.79 Å². The molecule has 3 aliphatic rings. The van der Waals surface area contributed by atoms with Crippen molar-refractivity contribution in [1.82, 2.24) is 29.4 Å². The molecule has 6 aromatic rings. The van der Waals surface area contributed by atoms with Crippen molar-refractivity contribution in [2.24, 2.45) is 5.92 Å². The Morgan fingerprint density at radius 1 is 1.02 bits per heavy atom. The highest BCUT2D eigenvalue weighted by molar-refractivity contribution is 6.03. The van der Waals surface area contributed by atoms with E-state index in [2.05, 4.69) is 31.2 Å². The Hall–Kier alpha value is -5.22. The number of aromatic carboxylic acids is 1. The molecule has 3 aromatic heterocycles. The number of anilines is 1. The number of nitrogens with zero attached hydrogens (tertiary/aromatic N) is 4. The number of carboxylic acid groups (broad SMARTS) is 1. The number of carboxylic acids is 1. The summed E-state index contributed by atoms with van der Waals surface area (Å²) < 4.78 is 1.98. The third-order valence-electron chi connectivity index (χ3n) is 9.27. The monoisotopic (exact) mass is 585 g/mol. The molecular weight excluding hydrogens is 554 g/mol. The minimum absolute atomic E-state index is 0.194. The zero-order valence-electron chi connectivity index (χ0n) is 24.2. The molecule has 10 nitrogen and oxygen atoms in total. The lowest BCUT2D eigenvalue weighted by molar-refractivity contribution is 0.0697. The molecule has 0 amide bonds. The number of aromatic nitrogens is 5. The van der Waals surface area contributed by atoms with E-state index in [-0.39, 0.29) is 17.2 Å². The van der Waals surface area contributed by atoms with Gasteiger partial charge in [0.1, 0.15) is 17.2 Å². The molecule has 4 N–H and O–H groups in total. The lowest BCUT2D eigenvalue weighted by Crippen LogP contribution is -2.53. The lowest BCUT2D eigenvalue weighted by atomic mass is 9.83. The number of imidazole rings is 2. The van der Waals surface area contributed by atoms with Crippen molar-refractivity contribution >= 4 is 33.6 Å². The fourth-order valence-electron chi connectivity index (χ4n) is 6.95. The van der Waals surface area contributed by atoms with Crippen molar-refractivity contribution in [3.8, 4) is 28.2 Å². The molecule has 0 spiro atoms. The summed E-state index contributed by atoms with van der Waals surface area (Å²) in [5.74, 6) is 0.853. The molecule has 9 rings (SSSR count). The smallest absolute Gasteiger partial charge is 0.335 e. The van der Waals surface area contributed by atoms with Crippen molar-refractivity contribution in [2.75, 3.05) is 25.0 Å². The summed E-state index contributed by atoms with van der Waals surface area (Å²) in [6, 6.07) is 18.9. The lowest BCUT2D eigenvalue weighted by Gasteiger charge is -2.45. The number of rotatable bonds is 6. The van der Waals surface area contributed by atoms with E-state index < -0.39 is 5.97 Å². The van der Waals surface area contributed by atoms with Gasteiger partial charge in [-0.05, 0) is 80.7 Å². The first-order chi connectivity index (χ1) is 21.4. The normalized spacial score (nSPS) is 19.5. The zero-order valence-corrected chi connectivity index (χ0v) is 24.2. The van der Waals surface area contributed by atoms with Crippen molar-refractivity contribution in [3.05, 3.63) is 94.8 Å². The van der Waals surface area contributed by atoms with Crippen molar-refractivity contribution in [2.45, 2.75) is 25.8 Å². The van der Waals surface area contributed by atoms with Crippen molar-refractivity contribution in [3.63, 3.8) is 0 Å². The molecule has 3 saturated heterocycles. The number of nitrogens with one attached hydrogen (secondary N) is 3. The van der Waals surface area contributed by atoms with Gasteiger partial charge in [0.05, 0.1) is 33.5 Å². The Morgan fingerprint density at radius 3 is 2.50 bits per heavy atom. The number of benzene rings is 3. The maximum Gasteiger partial charge on any atom is 0.335 e. The molecule has 10 heteroatoms. The van der Waals surface area contributed by atoms with Gasteiger partial charge in [-0.15, -0.1) is 0 Å². The van der Waals surface area contributed by atoms with Gasteiger partial charge in [0.25, 0.3) is 5.56 Å². The molecule has 220 valence electrons. The van der Waals surface area contributed by atoms with Gasteiger partial charge in [0, 0.05) is 35.9 Å². The van der Waals surface area contributed by atoms with E-state index in [9.17, 15) is 14.7 Å². The molecule has 3 aromatic carbocycles. The van der Waals surface area contributed by atoms with Crippen LogP contribution in [0.4, 0.5) is 5.69 Å². The zero-order chi connectivity index (χ0) is 29.9. The molecule has 2 bridgehead atoms. The summed E-state index contributed by atoms with van der Waals surface area (Å²) in [6.07, 6.45) is 5.89. The number of pyridine rings is 1. The maximum absolute atomic E-state index is 14.0. The first-order valence-electron chi connectivity index (χ1n) is 14.9. The first kappa shape index (κ1) is 26.4. The van der Waals surface area contributed by atoms with Gasteiger partial charge >= 0.3 is 5.97 Å². The summed E-state index contributed by atoms with van der Waals surface area (Å²) in [5, 5.41) is 14.2. The second-order valence-electron chi connectivity index (χ2n) is 11.8. The predicted molar refractivity (Wildman–Crippen MR) is 170 cm³/mol. The maximum atomic E-state index is 14.0. The van der Waals surface area contributed by atoms with Crippen LogP contribution in [0.2, 0.25) is 0 Å². The molecule has 6 heterocycles. The van der Waals surface area contributed by atoms with Crippen molar-refractivity contribution in [1.29, 1.82) is 0 Å². The van der Waals surface area contributed by atoms with Crippen LogP contribution in [-0.2, 0) is 0 Å². The van der Waals surface area contributed by atoms with E-state index in [0.717, 1.165) is 77.2 Å². The Bertz CT molecular complexity index is 2080. The molecule has 0 aliphatic carbocycles. The average molecular weight is 586 g/mol. The van der Waals surface area contributed by atoms with Crippen LogP contribution >= 0.6 is 0 Å². The van der Waals surface area contributed by atoms with E-state index in [1.165, 1.54) is 0 Å². The Labute approximate surface area is 252 Å². The molecule has 0 radical (unpaired) electrons. The van der Waals surface area contributed by atoms with E-state index in [1.54, 1.807) is 18.3 Å². The number of aromatic amines is 2. The largest absolute Gasteiger partial charge is 0.478 e. The number of aryl methyl sites for hydroxylation is 1. The number of fused-ring (bicyclic) bond motifs is 5. The second kappa shape index (κ2) is 10.2. The summed E-state index contributed by atoms with van der Waals surface area (Å²) >= 11 is 0. The van der Waals surface area contributed by atoms with E-state index in [1.807, 2.05) is 60.2 Å². The van der Waals surface area contributed by atoms with Crippen LogP contribution in [0.15, 0.2) is 77.9 Å². The fourth-order valence-corrected chi connectivity index (χ4v) is 6.95. The number of H-pyrrole nitrogens is 2. The van der Waals surface area contributed by atoms with Crippen molar-refractivity contribution < 1.29 is 9.90 Å². The van der Waals surface area contributed by atoms with Crippen LogP contribution in [-0.4, -0.2) is 66.2 Å². The number of hydrogen-bond donors (Lipinski definition) is 4. The Balaban J connectivity index is 1.39. The molecule has 3 aliphatic heterocycles. The minimum Gasteiger partial charge on any atom is -0.478 e. The highest BCUT2D eigenvalue weighted by atomic mass is 16.4. The van der Waals surface area contributed by atoms with Crippen LogP contribution in [0.1, 0.15) is 29.0 Å². The number of piperidine rings is 3. The molecule has 0 unspecified atom stereocenters. The summed E-state index contributed by atoms with van der Waals surface area (Å²) in [4.78, 5) is 43.9. The van der Waals surface area contributed by atoms with Crippen LogP contribution in [0, 0.1) is 12.8 Å². The molecule has 1 atom stereocenters. The average Bonchev–Trinajstić information content (AvgIpc) is 3.67. The number of hydrogen-bond acceptors (Lipinski definition) is 6. The van der Waals surface area contributed by atoms with E-state index in [0.29, 0.717) is 22.8 Å². The second-order valence-corrected chi connectivity index (χ2v) is 11.8. The summed E-state index contributed by atoms with van der Waals surface area (Å²) in [6.45, 7) is 5.07. The Kier molecular flexibility index (Phi) is 6.12. The summed E-state index contributed by atoms with van der Waals surface area (Å²) in [5.41, 5.74) is 6.12. The third-order valence-corrected chi connectivity index (χ3v) is 9.27. The van der Waals surface area contributed by atoms with Crippen LogP contribution in [0.5, 0.6) is 0 Å². The van der Waals surface area contributed by atoms with Gasteiger partial charge in [-0.1, -0.05) is 24.3 Å². The molecular formula is C34H31N7O3. The summed E-state index contributed by atoms with van der Waals surface area (Å²) in [7, 11) is 0.